The van der Waals surface area contributed by atoms with E-state index >= 15 is 0 Å². The van der Waals surface area contributed by atoms with Crippen LogP contribution in [0.1, 0.15) is 30.4 Å². The van der Waals surface area contributed by atoms with Gasteiger partial charge >= 0.3 is 0 Å². The summed E-state index contributed by atoms with van der Waals surface area (Å²) in [6.07, 6.45) is 8.64. The highest BCUT2D eigenvalue weighted by atomic mass is 35.5. The molecule has 3 aliphatic rings. The SMILES string of the molecule is O=C(CN1CCc2cc(-c3cnn(Cl)c3)ccc2C1)N1CCN(C2CCC2)CC1. The van der Waals surface area contributed by atoms with E-state index in [0.29, 0.717) is 6.54 Å². The van der Waals surface area contributed by atoms with E-state index < -0.39 is 0 Å². The number of rotatable bonds is 4. The van der Waals surface area contributed by atoms with Crippen molar-refractivity contribution in [2.24, 2.45) is 0 Å². The van der Waals surface area contributed by atoms with Gasteiger partial charge in [-0.15, -0.1) is 0 Å². The number of aromatic nitrogens is 2. The molecule has 5 rings (SSSR count). The first-order valence-corrected chi connectivity index (χ1v) is 11.1. The van der Waals surface area contributed by atoms with Crippen LogP contribution in [0.2, 0.25) is 0 Å². The molecule has 6 nitrogen and oxygen atoms in total. The van der Waals surface area contributed by atoms with E-state index in [4.69, 9.17) is 11.8 Å². The Bertz CT molecular complexity index is 885. The molecule has 0 spiro atoms. The van der Waals surface area contributed by atoms with Gasteiger partial charge < -0.3 is 4.90 Å². The molecule has 29 heavy (non-hydrogen) atoms. The molecule has 1 saturated carbocycles. The number of hydrogen-bond donors (Lipinski definition) is 0. The molecule has 2 aromatic rings. The van der Waals surface area contributed by atoms with E-state index in [9.17, 15) is 4.79 Å². The molecule has 7 heteroatoms. The van der Waals surface area contributed by atoms with Gasteiger partial charge in [-0.2, -0.15) is 9.30 Å². The van der Waals surface area contributed by atoms with Gasteiger partial charge in [0.1, 0.15) is 0 Å². The van der Waals surface area contributed by atoms with Crippen molar-refractivity contribution in [3.8, 4) is 11.1 Å². The van der Waals surface area contributed by atoms with Gasteiger partial charge in [0, 0.05) is 62.7 Å². The first-order chi connectivity index (χ1) is 14.2. The monoisotopic (exact) mass is 413 g/mol. The van der Waals surface area contributed by atoms with E-state index in [2.05, 4.69) is 38.0 Å². The average molecular weight is 414 g/mol. The quantitative estimate of drug-likeness (QED) is 0.772. The predicted molar refractivity (Wildman–Crippen MR) is 114 cm³/mol. The summed E-state index contributed by atoms with van der Waals surface area (Å²) in [5.41, 5.74) is 4.86. The maximum Gasteiger partial charge on any atom is 0.236 e. The highest BCUT2D eigenvalue weighted by molar-refractivity contribution is 6.14. The zero-order valence-corrected chi connectivity index (χ0v) is 17.5. The Morgan fingerprint density at radius 2 is 1.90 bits per heavy atom. The molecular formula is C22H28ClN5O. The molecule has 0 N–H and O–H groups in total. The smallest absolute Gasteiger partial charge is 0.236 e. The topological polar surface area (TPSA) is 44.6 Å². The van der Waals surface area contributed by atoms with Gasteiger partial charge in [0.15, 0.2) is 0 Å². The number of nitrogens with zero attached hydrogens (tertiary/aromatic N) is 5. The maximum atomic E-state index is 12.8. The Morgan fingerprint density at radius 1 is 1.07 bits per heavy atom. The zero-order valence-electron chi connectivity index (χ0n) is 16.8. The fourth-order valence-electron chi connectivity index (χ4n) is 4.75. The number of halogens is 1. The Kier molecular flexibility index (Phi) is 5.33. The largest absolute Gasteiger partial charge is 0.339 e. The van der Waals surface area contributed by atoms with Crippen LogP contribution in [0.5, 0.6) is 0 Å². The summed E-state index contributed by atoms with van der Waals surface area (Å²) in [5.74, 6) is 0.285. The number of carbonyl (C=O) groups excluding carboxylic acids is 1. The highest BCUT2D eigenvalue weighted by Crippen LogP contribution is 2.27. The molecule has 0 bridgehead atoms. The van der Waals surface area contributed by atoms with E-state index in [1.807, 2.05) is 6.20 Å². The predicted octanol–water partition coefficient (Wildman–Crippen LogP) is 2.61. The molecule has 1 aromatic heterocycles. The number of hydrogen-bond acceptors (Lipinski definition) is 4. The molecule has 1 saturated heterocycles. The molecule has 0 unspecified atom stereocenters. The molecule has 1 amide bonds. The minimum absolute atomic E-state index is 0.285. The molecule has 0 radical (unpaired) electrons. The van der Waals surface area contributed by atoms with Gasteiger partial charge in [0.05, 0.1) is 18.9 Å². The van der Waals surface area contributed by atoms with Crippen LogP contribution in [0.15, 0.2) is 30.6 Å². The molecule has 2 aliphatic heterocycles. The molecule has 1 aliphatic carbocycles. The van der Waals surface area contributed by atoms with Crippen LogP contribution in [-0.4, -0.2) is 75.2 Å². The van der Waals surface area contributed by atoms with Crippen molar-refractivity contribution >= 4 is 17.7 Å². The van der Waals surface area contributed by atoms with Gasteiger partial charge in [0.25, 0.3) is 0 Å². The minimum atomic E-state index is 0.285. The molecule has 0 atom stereocenters. The number of benzene rings is 1. The second-order valence-electron chi connectivity index (χ2n) is 8.56. The second-order valence-corrected chi connectivity index (χ2v) is 8.91. The van der Waals surface area contributed by atoms with E-state index in [-0.39, 0.29) is 5.91 Å². The van der Waals surface area contributed by atoms with Gasteiger partial charge in [-0.25, -0.2) is 0 Å². The lowest BCUT2D eigenvalue weighted by Crippen LogP contribution is -2.55. The van der Waals surface area contributed by atoms with Crippen molar-refractivity contribution in [3.63, 3.8) is 0 Å². The third-order valence-corrected chi connectivity index (χ3v) is 6.99. The summed E-state index contributed by atoms with van der Waals surface area (Å²) in [6, 6.07) is 7.33. The first-order valence-electron chi connectivity index (χ1n) is 10.7. The van der Waals surface area contributed by atoms with Gasteiger partial charge in [-0.1, -0.05) is 24.6 Å². The molecular weight excluding hydrogens is 386 g/mol. The minimum Gasteiger partial charge on any atom is -0.339 e. The summed E-state index contributed by atoms with van der Waals surface area (Å²) in [5, 5.41) is 4.05. The van der Waals surface area contributed by atoms with Gasteiger partial charge in [-0.3, -0.25) is 14.6 Å². The van der Waals surface area contributed by atoms with Crippen molar-refractivity contribution in [1.29, 1.82) is 0 Å². The average Bonchev–Trinajstić information content (AvgIpc) is 3.13. The molecule has 2 fully saturated rings. The standard InChI is InChI=1S/C22H28ClN5O/c23-28-15-20(13-24-28)17-4-5-19-14-25(7-6-18(19)12-17)16-22(29)27-10-8-26(9-11-27)21-2-1-3-21/h4-5,12-13,15,21H,1-3,6-11,14,16H2. The van der Waals surface area contributed by atoms with Crippen molar-refractivity contribution in [1.82, 2.24) is 24.0 Å². The lowest BCUT2D eigenvalue weighted by Gasteiger charge is -2.43. The molecule has 3 heterocycles. The van der Waals surface area contributed by atoms with Crippen LogP contribution >= 0.6 is 11.8 Å². The number of piperazine rings is 1. The Hall–Kier alpha value is -1.89. The summed E-state index contributed by atoms with van der Waals surface area (Å²) < 4.78 is 1.31. The Labute approximate surface area is 177 Å². The Morgan fingerprint density at radius 3 is 2.59 bits per heavy atom. The third kappa shape index (κ3) is 4.06. The summed E-state index contributed by atoms with van der Waals surface area (Å²) in [7, 11) is 0. The summed E-state index contributed by atoms with van der Waals surface area (Å²) in [6.45, 7) is 6.16. The van der Waals surface area contributed by atoms with Crippen LogP contribution in [0.3, 0.4) is 0 Å². The number of fused-ring (bicyclic) bond motifs is 1. The lowest BCUT2D eigenvalue weighted by molar-refractivity contribution is -0.135. The first kappa shape index (κ1) is 19.1. The van der Waals surface area contributed by atoms with Crippen LogP contribution in [0.4, 0.5) is 0 Å². The van der Waals surface area contributed by atoms with E-state index in [0.717, 1.165) is 62.9 Å². The summed E-state index contributed by atoms with van der Waals surface area (Å²) in [4.78, 5) is 19.8. The second kappa shape index (κ2) is 8.09. The fourth-order valence-corrected chi connectivity index (χ4v) is 4.90. The van der Waals surface area contributed by atoms with Crippen LogP contribution in [0.25, 0.3) is 11.1 Å². The third-order valence-electron chi connectivity index (χ3n) is 6.80. The molecule has 1 aromatic carbocycles. The van der Waals surface area contributed by atoms with Crippen LogP contribution in [0, 0.1) is 0 Å². The van der Waals surface area contributed by atoms with Crippen molar-refractivity contribution in [2.75, 3.05) is 39.3 Å². The Balaban J connectivity index is 1.16. The lowest BCUT2D eigenvalue weighted by atomic mass is 9.91. The zero-order chi connectivity index (χ0) is 19.8. The van der Waals surface area contributed by atoms with Gasteiger partial charge in [-0.05, 0) is 36.0 Å². The van der Waals surface area contributed by atoms with Gasteiger partial charge in [0.2, 0.25) is 5.91 Å². The number of amides is 1. The van der Waals surface area contributed by atoms with Crippen molar-refractivity contribution in [3.05, 3.63) is 41.7 Å². The number of carbonyl (C=O) groups is 1. The summed E-state index contributed by atoms with van der Waals surface area (Å²) >= 11 is 5.88. The highest BCUT2D eigenvalue weighted by Gasteiger charge is 2.30. The maximum absolute atomic E-state index is 12.8. The van der Waals surface area contributed by atoms with Crippen LogP contribution in [-0.2, 0) is 17.8 Å². The fraction of sp³-hybridized carbons (Fsp3) is 0.545. The van der Waals surface area contributed by atoms with E-state index in [1.54, 1.807) is 6.20 Å². The van der Waals surface area contributed by atoms with Crippen molar-refractivity contribution in [2.45, 2.75) is 38.3 Å². The normalized spacial score (nSPS) is 21.1. The van der Waals surface area contributed by atoms with Crippen LogP contribution < -0.4 is 0 Å². The molecule has 154 valence electrons. The van der Waals surface area contributed by atoms with Crippen molar-refractivity contribution < 1.29 is 4.79 Å². The van der Waals surface area contributed by atoms with E-state index in [1.165, 1.54) is 34.6 Å².